The molecule has 0 bridgehead atoms. The summed E-state index contributed by atoms with van der Waals surface area (Å²) in [6.45, 7) is 1.97. The fourth-order valence-electron chi connectivity index (χ4n) is 2.52. The number of carboxylic acids is 1. The predicted molar refractivity (Wildman–Crippen MR) is 92.7 cm³/mol. The van der Waals surface area contributed by atoms with E-state index in [1.165, 1.54) is 17.8 Å². The molecule has 1 aliphatic heterocycles. The molecule has 1 fully saturated rings. The summed E-state index contributed by atoms with van der Waals surface area (Å²) in [6, 6.07) is 5.66. The van der Waals surface area contributed by atoms with Crippen LogP contribution in [0.4, 0.5) is 4.39 Å². The average Bonchev–Trinajstić information content (AvgIpc) is 2.55. The summed E-state index contributed by atoms with van der Waals surface area (Å²) in [5.74, 6) is -1.69. The minimum absolute atomic E-state index is 0.0310. The first-order valence-corrected chi connectivity index (χ1v) is 9.06. The van der Waals surface area contributed by atoms with Crippen molar-refractivity contribution >= 4 is 29.5 Å². The molecule has 1 aromatic carbocycles. The molecule has 0 spiro atoms. The number of rotatable bonds is 7. The average molecular weight is 368 g/mol. The molecule has 0 saturated carbocycles. The van der Waals surface area contributed by atoms with Gasteiger partial charge in [0.05, 0.1) is 5.25 Å². The highest BCUT2D eigenvalue weighted by Gasteiger charge is 2.32. The smallest absolute Gasteiger partial charge is 0.303 e. The van der Waals surface area contributed by atoms with Gasteiger partial charge in [0.1, 0.15) is 11.9 Å². The first-order valence-electron chi connectivity index (χ1n) is 8.01. The third-order valence-corrected chi connectivity index (χ3v) is 5.21. The number of carbonyl (C=O) groups excluding carboxylic acids is 2. The summed E-state index contributed by atoms with van der Waals surface area (Å²) >= 11 is 1.32. The standard InChI is InChI=1S/C17H21FN2O4S/c1-10(6-15(21)22)8-19-16(23)13-9-25-14(17(24)20-13)7-11-4-2-3-5-12(11)18/h2-5,10,13-14H,6-9H2,1H3,(H,19,23)(H,20,24)(H,21,22). The second-order valence-corrected chi connectivity index (χ2v) is 7.36. The third kappa shape index (κ3) is 5.74. The van der Waals surface area contributed by atoms with Crippen LogP contribution in [0.5, 0.6) is 0 Å². The van der Waals surface area contributed by atoms with Crippen molar-refractivity contribution < 1.29 is 23.9 Å². The Morgan fingerprint density at radius 1 is 1.44 bits per heavy atom. The zero-order valence-corrected chi connectivity index (χ0v) is 14.6. The van der Waals surface area contributed by atoms with E-state index in [1.807, 2.05) is 0 Å². The van der Waals surface area contributed by atoms with Crippen molar-refractivity contribution in [2.45, 2.75) is 31.1 Å². The molecule has 3 unspecified atom stereocenters. The number of aliphatic carboxylic acids is 1. The molecular weight excluding hydrogens is 347 g/mol. The molecule has 1 aromatic rings. The van der Waals surface area contributed by atoms with Gasteiger partial charge in [-0.3, -0.25) is 14.4 Å². The summed E-state index contributed by atoms with van der Waals surface area (Å²) in [7, 11) is 0. The van der Waals surface area contributed by atoms with Crippen LogP contribution in [0.15, 0.2) is 24.3 Å². The molecule has 136 valence electrons. The Balaban J connectivity index is 1.82. The molecule has 0 aliphatic carbocycles. The molecule has 6 nitrogen and oxygen atoms in total. The van der Waals surface area contributed by atoms with Crippen molar-refractivity contribution in [1.82, 2.24) is 10.6 Å². The van der Waals surface area contributed by atoms with Crippen LogP contribution in [0.3, 0.4) is 0 Å². The highest BCUT2D eigenvalue weighted by Crippen LogP contribution is 2.23. The number of benzene rings is 1. The SMILES string of the molecule is CC(CNC(=O)C1CSC(Cc2ccccc2F)C(=O)N1)CC(=O)O. The van der Waals surface area contributed by atoms with Crippen molar-refractivity contribution in [2.24, 2.45) is 5.92 Å². The van der Waals surface area contributed by atoms with E-state index >= 15 is 0 Å². The second kappa shape index (κ2) is 8.84. The maximum absolute atomic E-state index is 13.7. The van der Waals surface area contributed by atoms with Gasteiger partial charge in [0, 0.05) is 18.7 Å². The van der Waals surface area contributed by atoms with Crippen LogP contribution in [0.25, 0.3) is 0 Å². The molecule has 2 rings (SSSR count). The Bertz CT molecular complexity index is 655. The number of halogens is 1. The second-order valence-electron chi connectivity index (χ2n) is 6.13. The number of thioether (sulfide) groups is 1. The summed E-state index contributed by atoms with van der Waals surface area (Å²) in [5, 5.41) is 13.6. The summed E-state index contributed by atoms with van der Waals surface area (Å²) < 4.78 is 13.7. The summed E-state index contributed by atoms with van der Waals surface area (Å²) in [5.41, 5.74) is 0.473. The summed E-state index contributed by atoms with van der Waals surface area (Å²) in [4.78, 5) is 34.9. The molecule has 1 heterocycles. The minimum Gasteiger partial charge on any atom is -0.481 e. The summed E-state index contributed by atoms with van der Waals surface area (Å²) in [6.07, 6.45) is 0.240. The highest BCUT2D eigenvalue weighted by molar-refractivity contribution is 8.00. The highest BCUT2D eigenvalue weighted by atomic mass is 32.2. The van der Waals surface area contributed by atoms with Gasteiger partial charge in [-0.25, -0.2) is 4.39 Å². The van der Waals surface area contributed by atoms with E-state index in [9.17, 15) is 18.8 Å². The lowest BCUT2D eigenvalue weighted by atomic mass is 10.1. The topological polar surface area (TPSA) is 95.5 Å². The van der Waals surface area contributed by atoms with Crippen molar-refractivity contribution in [1.29, 1.82) is 0 Å². The van der Waals surface area contributed by atoms with Gasteiger partial charge >= 0.3 is 5.97 Å². The molecule has 2 amide bonds. The number of carboxylic acid groups (broad SMARTS) is 1. The number of hydrogen-bond acceptors (Lipinski definition) is 4. The van der Waals surface area contributed by atoms with Crippen LogP contribution in [0.1, 0.15) is 18.9 Å². The lowest BCUT2D eigenvalue weighted by Crippen LogP contribution is -2.55. The van der Waals surface area contributed by atoms with Crippen molar-refractivity contribution in [3.8, 4) is 0 Å². The Morgan fingerprint density at radius 3 is 2.80 bits per heavy atom. The Morgan fingerprint density at radius 2 is 2.16 bits per heavy atom. The van der Waals surface area contributed by atoms with E-state index in [4.69, 9.17) is 5.11 Å². The molecule has 1 aliphatic rings. The number of hydrogen-bond donors (Lipinski definition) is 3. The molecule has 3 N–H and O–H groups in total. The zero-order valence-electron chi connectivity index (χ0n) is 13.8. The molecule has 1 saturated heterocycles. The normalized spacial score (nSPS) is 21.3. The van der Waals surface area contributed by atoms with E-state index in [0.29, 0.717) is 11.3 Å². The Kier molecular flexibility index (Phi) is 6.81. The maximum atomic E-state index is 13.7. The molecule has 8 heteroatoms. The first kappa shape index (κ1) is 19.2. The fourth-order valence-corrected chi connectivity index (χ4v) is 3.70. The monoisotopic (exact) mass is 368 g/mol. The van der Waals surface area contributed by atoms with Crippen LogP contribution in [-0.2, 0) is 20.8 Å². The van der Waals surface area contributed by atoms with E-state index < -0.39 is 17.3 Å². The van der Waals surface area contributed by atoms with Crippen LogP contribution in [-0.4, -0.2) is 46.5 Å². The molecular formula is C17H21FN2O4S. The molecule has 3 atom stereocenters. The first-order chi connectivity index (χ1) is 11.9. The van der Waals surface area contributed by atoms with Crippen LogP contribution >= 0.6 is 11.8 Å². The Labute approximate surface area is 149 Å². The molecule has 0 radical (unpaired) electrons. The number of amides is 2. The van der Waals surface area contributed by atoms with Gasteiger partial charge in [0.25, 0.3) is 0 Å². The van der Waals surface area contributed by atoms with Gasteiger partial charge in [0.15, 0.2) is 0 Å². The van der Waals surface area contributed by atoms with Crippen molar-refractivity contribution in [3.63, 3.8) is 0 Å². The lowest BCUT2D eigenvalue weighted by molar-refractivity contribution is -0.138. The van der Waals surface area contributed by atoms with E-state index in [-0.39, 0.29) is 42.9 Å². The van der Waals surface area contributed by atoms with Gasteiger partial charge in [-0.1, -0.05) is 25.1 Å². The maximum Gasteiger partial charge on any atom is 0.303 e. The molecule has 0 aromatic heterocycles. The van der Waals surface area contributed by atoms with Gasteiger partial charge in [-0.15, -0.1) is 11.8 Å². The third-order valence-electron chi connectivity index (χ3n) is 3.90. The van der Waals surface area contributed by atoms with E-state index in [0.717, 1.165) is 0 Å². The van der Waals surface area contributed by atoms with E-state index in [1.54, 1.807) is 25.1 Å². The largest absolute Gasteiger partial charge is 0.481 e. The van der Waals surface area contributed by atoms with Crippen molar-refractivity contribution in [3.05, 3.63) is 35.6 Å². The van der Waals surface area contributed by atoms with Gasteiger partial charge < -0.3 is 15.7 Å². The van der Waals surface area contributed by atoms with Gasteiger partial charge in [-0.05, 0) is 24.0 Å². The lowest BCUT2D eigenvalue weighted by Gasteiger charge is -2.28. The van der Waals surface area contributed by atoms with E-state index in [2.05, 4.69) is 10.6 Å². The quantitative estimate of drug-likeness (QED) is 0.672. The van der Waals surface area contributed by atoms with Crippen molar-refractivity contribution in [2.75, 3.05) is 12.3 Å². The zero-order chi connectivity index (χ0) is 18.4. The number of carbonyl (C=O) groups is 3. The van der Waals surface area contributed by atoms with Crippen LogP contribution in [0, 0.1) is 11.7 Å². The number of nitrogens with one attached hydrogen (secondary N) is 2. The van der Waals surface area contributed by atoms with Crippen LogP contribution in [0.2, 0.25) is 0 Å². The molecule has 25 heavy (non-hydrogen) atoms. The van der Waals surface area contributed by atoms with Gasteiger partial charge in [-0.2, -0.15) is 0 Å². The van der Waals surface area contributed by atoms with Gasteiger partial charge in [0.2, 0.25) is 11.8 Å². The predicted octanol–water partition coefficient (Wildman–Crippen LogP) is 1.20. The fraction of sp³-hybridized carbons (Fsp3) is 0.471. The van der Waals surface area contributed by atoms with Crippen LogP contribution < -0.4 is 10.6 Å². The minimum atomic E-state index is -0.917. The Hall–Kier alpha value is -2.09.